The molecule has 1 aromatic carbocycles. The summed E-state index contributed by atoms with van der Waals surface area (Å²) in [5, 5.41) is 1.03. The highest BCUT2D eigenvalue weighted by Gasteiger charge is 2.45. The van der Waals surface area contributed by atoms with Gasteiger partial charge in [-0.2, -0.15) is 0 Å². The molecule has 3 atom stereocenters. The lowest BCUT2D eigenvalue weighted by atomic mass is 10.0. The minimum absolute atomic E-state index is 0.0921. The van der Waals surface area contributed by atoms with Crippen molar-refractivity contribution in [1.29, 1.82) is 0 Å². The Morgan fingerprint density at radius 2 is 2.00 bits per heavy atom. The summed E-state index contributed by atoms with van der Waals surface area (Å²) in [7, 11) is 2.02. The molecule has 0 radical (unpaired) electrons. The topological polar surface area (TPSA) is 50.7 Å². The normalized spacial score (nSPS) is 21.6. The van der Waals surface area contributed by atoms with Gasteiger partial charge in [0.2, 0.25) is 0 Å². The van der Waals surface area contributed by atoms with Gasteiger partial charge >= 0.3 is 0 Å². The Morgan fingerprint density at radius 1 is 1.23 bits per heavy atom. The Balaban J connectivity index is 1.64. The van der Waals surface area contributed by atoms with Gasteiger partial charge in [-0.15, -0.1) is 0 Å². The molecule has 2 aliphatic rings. The lowest BCUT2D eigenvalue weighted by molar-refractivity contribution is 0.754. The van der Waals surface area contributed by atoms with Crippen molar-refractivity contribution in [3.8, 4) is 0 Å². The quantitative estimate of drug-likeness (QED) is 0.620. The lowest BCUT2D eigenvalue weighted by Gasteiger charge is -2.20. The molecule has 0 amide bonds. The van der Waals surface area contributed by atoms with Crippen molar-refractivity contribution in [1.82, 2.24) is 14.5 Å². The lowest BCUT2D eigenvalue weighted by Crippen LogP contribution is -2.24. The summed E-state index contributed by atoms with van der Waals surface area (Å²) < 4.78 is 2.07. The second kappa shape index (κ2) is 6.94. The van der Waals surface area contributed by atoms with Gasteiger partial charge in [-0.1, -0.05) is 18.2 Å². The van der Waals surface area contributed by atoms with E-state index in [2.05, 4.69) is 33.4 Å². The number of hydrogen-bond acceptors (Lipinski definition) is 4. The third-order valence-electron chi connectivity index (χ3n) is 6.76. The molecular formula is C24H26N6. The van der Waals surface area contributed by atoms with Crippen LogP contribution in [0.15, 0.2) is 35.5 Å². The van der Waals surface area contributed by atoms with E-state index in [0.29, 0.717) is 5.69 Å². The molecule has 3 heterocycles. The first-order valence-corrected chi connectivity index (χ1v) is 10.6. The second-order valence-corrected chi connectivity index (χ2v) is 8.67. The Labute approximate surface area is 176 Å². The fourth-order valence-electron chi connectivity index (χ4n) is 4.67. The van der Waals surface area contributed by atoms with E-state index in [1.54, 1.807) is 0 Å². The van der Waals surface area contributed by atoms with E-state index in [9.17, 15) is 0 Å². The van der Waals surface area contributed by atoms with Gasteiger partial charge in [-0.05, 0) is 56.2 Å². The Hall–Kier alpha value is -3.20. The number of anilines is 1. The number of pyridine rings is 1. The predicted octanol–water partition coefficient (Wildman–Crippen LogP) is 4.25. The molecule has 3 aromatic rings. The summed E-state index contributed by atoms with van der Waals surface area (Å²) in [6.07, 6.45) is 3.33. The monoisotopic (exact) mass is 398 g/mol. The van der Waals surface area contributed by atoms with Crippen molar-refractivity contribution < 1.29 is 0 Å². The van der Waals surface area contributed by atoms with Crippen molar-refractivity contribution in [2.24, 2.45) is 23.9 Å². The number of rotatable bonds is 3. The number of aromatic nitrogens is 3. The first kappa shape index (κ1) is 18.8. The van der Waals surface area contributed by atoms with Gasteiger partial charge in [0.05, 0.1) is 24.3 Å². The van der Waals surface area contributed by atoms with Gasteiger partial charge in [0.25, 0.3) is 0 Å². The van der Waals surface area contributed by atoms with Crippen LogP contribution in [0.1, 0.15) is 36.3 Å². The molecule has 0 N–H and O–H groups in total. The fourth-order valence-corrected chi connectivity index (χ4v) is 4.67. The van der Waals surface area contributed by atoms with Crippen LogP contribution in [0.3, 0.4) is 0 Å². The van der Waals surface area contributed by atoms with Crippen LogP contribution in [-0.4, -0.2) is 27.6 Å². The van der Waals surface area contributed by atoms with Crippen LogP contribution in [0.4, 0.5) is 11.5 Å². The SMILES string of the molecule is [C-]#[N+]c1cccc([C@@H](C)N=c2nc(C)n(C)c3cnc(N4CC5CC5C4)cc23)c1C. The minimum Gasteiger partial charge on any atom is -0.356 e. The maximum absolute atomic E-state index is 7.39. The van der Waals surface area contributed by atoms with E-state index < -0.39 is 0 Å². The van der Waals surface area contributed by atoms with E-state index >= 15 is 0 Å². The standard InChI is InChI=1S/C24H26N6/c1-14-19(7-6-8-21(14)25-4)15(2)27-24-20-10-23(30-12-17-9-18(17)13-30)26-11-22(20)29(5)16(3)28-24/h6-8,10-11,15,17-18H,9,12-13H2,1-3,5H3/t15-,17?,18?/m1/s1. The van der Waals surface area contributed by atoms with Gasteiger partial charge in [0.15, 0.2) is 11.2 Å². The number of benzene rings is 1. The van der Waals surface area contributed by atoms with Crippen LogP contribution in [0.5, 0.6) is 0 Å². The van der Waals surface area contributed by atoms with E-state index in [1.807, 2.05) is 39.2 Å². The van der Waals surface area contributed by atoms with Gasteiger partial charge in [-0.3, -0.25) is 4.99 Å². The van der Waals surface area contributed by atoms with Crippen LogP contribution in [0, 0.1) is 32.3 Å². The van der Waals surface area contributed by atoms with Crippen molar-refractivity contribution in [2.45, 2.75) is 33.2 Å². The molecule has 1 aliphatic heterocycles. The average Bonchev–Trinajstić information content (AvgIpc) is 3.36. The van der Waals surface area contributed by atoms with Crippen LogP contribution in [-0.2, 0) is 7.05 Å². The Morgan fingerprint density at radius 3 is 2.73 bits per heavy atom. The van der Waals surface area contributed by atoms with Crippen molar-refractivity contribution in [3.63, 3.8) is 0 Å². The van der Waals surface area contributed by atoms with Crippen LogP contribution < -0.4 is 10.4 Å². The highest BCUT2D eigenvalue weighted by molar-refractivity contribution is 5.80. The highest BCUT2D eigenvalue weighted by Crippen LogP contribution is 2.46. The number of piperidine rings is 1. The average molecular weight is 399 g/mol. The summed E-state index contributed by atoms with van der Waals surface area (Å²) in [5.74, 6) is 3.64. The first-order chi connectivity index (χ1) is 14.5. The number of fused-ring (bicyclic) bond motifs is 2. The van der Waals surface area contributed by atoms with E-state index in [0.717, 1.165) is 64.1 Å². The van der Waals surface area contributed by atoms with Gasteiger partial charge in [-0.25, -0.2) is 14.8 Å². The van der Waals surface area contributed by atoms with Gasteiger partial charge in [0, 0.05) is 25.5 Å². The zero-order valence-corrected chi connectivity index (χ0v) is 17.9. The van der Waals surface area contributed by atoms with Crippen LogP contribution >= 0.6 is 0 Å². The molecule has 152 valence electrons. The van der Waals surface area contributed by atoms with E-state index in [1.165, 1.54) is 6.42 Å². The second-order valence-electron chi connectivity index (χ2n) is 8.67. The molecule has 6 nitrogen and oxygen atoms in total. The molecule has 0 spiro atoms. The summed E-state index contributed by atoms with van der Waals surface area (Å²) in [6, 6.07) is 7.91. The van der Waals surface area contributed by atoms with Crippen molar-refractivity contribution in [2.75, 3.05) is 18.0 Å². The molecule has 2 unspecified atom stereocenters. The fraction of sp³-hybridized carbons (Fsp3) is 0.417. The van der Waals surface area contributed by atoms with E-state index in [4.69, 9.17) is 21.5 Å². The van der Waals surface area contributed by atoms with Crippen molar-refractivity contribution >= 4 is 22.4 Å². The van der Waals surface area contributed by atoms with Crippen molar-refractivity contribution in [3.05, 3.63) is 64.3 Å². The molecule has 1 saturated carbocycles. The number of nitrogens with zero attached hydrogens (tertiary/aromatic N) is 6. The first-order valence-electron chi connectivity index (χ1n) is 10.6. The maximum Gasteiger partial charge on any atom is 0.190 e. The number of aryl methyl sites for hydroxylation is 2. The highest BCUT2D eigenvalue weighted by atomic mass is 15.2. The maximum atomic E-state index is 7.39. The molecule has 6 heteroatoms. The Bertz CT molecular complexity index is 1260. The van der Waals surface area contributed by atoms with Gasteiger partial charge < -0.3 is 9.47 Å². The molecule has 2 fully saturated rings. The Kier molecular flexibility index (Phi) is 4.35. The van der Waals surface area contributed by atoms with E-state index in [-0.39, 0.29) is 6.04 Å². The summed E-state index contributed by atoms with van der Waals surface area (Å²) in [6.45, 7) is 15.7. The molecule has 30 heavy (non-hydrogen) atoms. The number of hydrogen-bond donors (Lipinski definition) is 0. The molecule has 2 aromatic heterocycles. The zero-order valence-electron chi connectivity index (χ0n) is 17.9. The van der Waals surface area contributed by atoms with Crippen LogP contribution in [0.25, 0.3) is 15.7 Å². The van der Waals surface area contributed by atoms with Gasteiger partial charge in [0.1, 0.15) is 11.6 Å². The molecule has 1 aliphatic carbocycles. The minimum atomic E-state index is -0.0921. The molecule has 0 bridgehead atoms. The third kappa shape index (κ3) is 3.06. The molecule has 1 saturated heterocycles. The molecular weight excluding hydrogens is 372 g/mol. The molecule has 5 rings (SSSR count). The smallest absolute Gasteiger partial charge is 0.190 e. The summed E-state index contributed by atoms with van der Waals surface area (Å²) in [4.78, 5) is 20.6. The summed E-state index contributed by atoms with van der Waals surface area (Å²) in [5.41, 5.74) is 4.52. The predicted molar refractivity (Wildman–Crippen MR) is 118 cm³/mol. The largest absolute Gasteiger partial charge is 0.356 e. The zero-order chi connectivity index (χ0) is 21.0. The van der Waals surface area contributed by atoms with Crippen LogP contribution in [0.2, 0.25) is 0 Å². The third-order valence-corrected chi connectivity index (χ3v) is 6.76. The summed E-state index contributed by atoms with van der Waals surface area (Å²) >= 11 is 0.